The summed E-state index contributed by atoms with van der Waals surface area (Å²) in [5, 5.41) is 24.4. The average Bonchev–Trinajstić information content (AvgIpc) is 3.59. The molecule has 1 saturated heterocycles. The zero-order valence-corrected chi connectivity index (χ0v) is 19.5. The second-order valence-corrected chi connectivity index (χ2v) is 9.20. The van der Waals surface area contributed by atoms with Gasteiger partial charge < -0.3 is 24.8 Å². The van der Waals surface area contributed by atoms with Gasteiger partial charge in [-0.25, -0.2) is 9.36 Å². The van der Waals surface area contributed by atoms with Crippen LogP contribution in [0.3, 0.4) is 0 Å². The lowest BCUT2D eigenvalue weighted by Crippen LogP contribution is -2.39. The molecule has 2 atom stereocenters. The van der Waals surface area contributed by atoms with Crippen LogP contribution in [0.15, 0.2) is 35.1 Å². The van der Waals surface area contributed by atoms with E-state index in [0.717, 1.165) is 5.69 Å². The molecule has 0 amide bonds. The molecule has 0 aliphatic carbocycles. The third kappa shape index (κ3) is 2.84. The molecule has 9 nitrogen and oxygen atoms in total. The minimum Gasteiger partial charge on any atom is -0.493 e. The largest absolute Gasteiger partial charge is 0.493 e. The highest BCUT2D eigenvalue weighted by Gasteiger charge is 2.48. The number of nitriles is 1. The van der Waals surface area contributed by atoms with Crippen LogP contribution in [0, 0.1) is 18.3 Å². The van der Waals surface area contributed by atoms with Gasteiger partial charge in [-0.05, 0) is 55.4 Å². The Morgan fingerprint density at radius 1 is 1.29 bits per heavy atom. The first-order valence-corrected chi connectivity index (χ1v) is 11.4. The van der Waals surface area contributed by atoms with Gasteiger partial charge in [-0.15, -0.1) is 0 Å². The molecule has 11 heteroatoms. The summed E-state index contributed by atoms with van der Waals surface area (Å²) in [7, 11) is 0. The normalized spacial score (nSPS) is 19.3. The molecule has 2 aromatic carbocycles. The maximum absolute atomic E-state index is 13.3. The fraction of sp³-hybridized carbons (Fsp3) is 0.261. The zero-order valence-electron chi connectivity index (χ0n) is 17.9. The molecule has 34 heavy (non-hydrogen) atoms. The lowest BCUT2D eigenvalue weighted by molar-refractivity contribution is 0.174. The van der Waals surface area contributed by atoms with Crippen LogP contribution in [0.2, 0.25) is 5.02 Å². The highest BCUT2D eigenvalue weighted by atomic mass is 35.5. The Kier molecular flexibility index (Phi) is 4.56. The molecule has 0 saturated carbocycles. The number of nitrogens with zero attached hydrogens (tertiary/aromatic N) is 4. The third-order valence-corrected chi connectivity index (χ3v) is 7.49. The van der Waals surface area contributed by atoms with Crippen molar-refractivity contribution in [3.63, 3.8) is 0 Å². The number of fused-ring (bicyclic) bond motifs is 6. The Hall–Kier alpha value is -3.68. The molecule has 2 unspecified atom stereocenters. The van der Waals surface area contributed by atoms with Gasteiger partial charge in [-0.1, -0.05) is 11.6 Å². The number of benzene rings is 2. The Morgan fingerprint density at radius 3 is 2.88 bits per heavy atom. The number of thiocarbonyl (C=S) groups is 1. The van der Waals surface area contributed by atoms with E-state index < -0.39 is 0 Å². The first kappa shape index (κ1) is 20.9. The Labute approximate surface area is 204 Å². The summed E-state index contributed by atoms with van der Waals surface area (Å²) in [5.41, 5.74) is 2.26. The predicted octanol–water partition coefficient (Wildman–Crippen LogP) is 3.61. The third-order valence-electron chi connectivity index (χ3n) is 6.66. The quantitative estimate of drug-likeness (QED) is 0.520. The minimum atomic E-state index is -0.335. The fourth-order valence-electron chi connectivity index (χ4n) is 5.06. The second kappa shape index (κ2) is 7.41. The van der Waals surface area contributed by atoms with Gasteiger partial charge in [0, 0.05) is 18.3 Å². The number of aromatic hydroxyl groups is 1. The number of rotatable bonds is 2. The van der Waals surface area contributed by atoms with Crippen LogP contribution in [0.4, 0.5) is 5.69 Å². The summed E-state index contributed by atoms with van der Waals surface area (Å²) < 4.78 is 13.7. The molecule has 1 fully saturated rings. The van der Waals surface area contributed by atoms with Crippen molar-refractivity contribution in [1.82, 2.24) is 14.0 Å². The molecule has 172 valence electrons. The van der Waals surface area contributed by atoms with Crippen molar-refractivity contribution < 1.29 is 14.6 Å². The van der Waals surface area contributed by atoms with Crippen LogP contribution in [-0.4, -0.2) is 37.6 Å². The summed E-state index contributed by atoms with van der Waals surface area (Å²) in [6.45, 7) is 2.46. The first-order chi connectivity index (χ1) is 16.4. The number of anilines is 1. The summed E-state index contributed by atoms with van der Waals surface area (Å²) in [4.78, 5) is 15.3. The molecule has 0 spiro atoms. The van der Waals surface area contributed by atoms with E-state index in [1.165, 1.54) is 4.57 Å². The summed E-state index contributed by atoms with van der Waals surface area (Å²) in [6, 6.07) is 10.3. The van der Waals surface area contributed by atoms with Gasteiger partial charge in [0.15, 0.2) is 16.6 Å². The molecule has 2 N–H and O–H groups in total. The van der Waals surface area contributed by atoms with Gasteiger partial charge in [0.05, 0.1) is 28.4 Å². The average molecular weight is 496 g/mol. The van der Waals surface area contributed by atoms with E-state index in [0.29, 0.717) is 52.1 Å². The predicted molar refractivity (Wildman–Crippen MR) is 128 cm³/mol. The molecule has 3 aliphatic heterocycles. The molecule has 0 radical (unpaired) electrons. The van der Waals surface area contributed by atoms with Gasteiger partial charge >= 0.3 is 5.69 Å². The van der Waals surface area contributed by atoms with Crippen molar-refractivity contribution in [2.75, 3.05) is 18.7 Å². The standard InChI is InChI=1S/C23H18ClN5O4S/c1-11-15(4-2-12(8-25)19(11)24)29-21(30)20-16-7-14(28(20)23(29)31)9-27(16)22(34)26-13-3-5-17-18(6-13)33-10-32-17/h2-6,14,16,30H,7,9-10H2,1H3,(H,26,34). The number of halogens is 1. The number of ether oxygens (including phenoxy) is 2. The highest BCUT2D eigenvalue weighted by Crippen LogP contribution is 2.49. The van der Waals surface area contributed by atoms with Gasteiger partial charge in [-0.2, -0.15) is 5.26 Å². The topological polar surface area (TPSA) is 105 Å². The number of likely N-dealkylation sites (tertiary alicyclic amines) is 1. The Bertz CT molecular complexity index is 1490. The highest BCUT2D eigenvalue weighted by molar-refractivity contribution is 7.80. The van der Waals surface area contributed by atoms with Crippen LogP contribution in [0.5, 0.6) is 17.4 Å². The van der Waals surface area contributed by atoms with E-state index in [4.69, 9.17) is 33.3 Å². The Morgan fingerprint density at radius 2 is 2.09 bits per heavy atom. The van der Waals surface area contributed by atoms with E-state index in [9.17, 15) is 15.2 Å². The van der Waals surface area contributed by atoms with Crippen molar-refractivity contribution in [1.29, 1.82) is 5.26 Å². The smallest absolute Gasteiger partial charge is 0.336 e. The summed E-state index contributed by atoms with van der Waals surface area (Å²) in [5.74, 6) is 1.19. The van der Waals surface area contributed by atoms with Crippen molar-refractivity contribution in [2.24, 2.45) is 0 Å². The van der Waals surface area contributed by atoms with Gasteiger partial charge in [0.2, 0.25) is 12.7 Å². The maximum Gasteiger partial charge on any atom is 0.336 e. The number of hydrogen-bond donors (Lipinski definition) is 2. The first-order valence-electron chi connectivity index (χ1n) is 10.6. The van der Waals surface area contributed by atoms with Crippen LogP contribution < -0.4 is 20.5 Å². The number of hydrogen-bond acceptors (Lipinski definition) is 6. The van der Waals surface area contributed by atoms with E-state index in [1.807, 2.05) is 29.2 Å². The van der Waals surface area contributed by atoms with E-state index in [2.05, 4.69) is 5.32 Å². The SMILES string of the molecule is Cc1c(-n2c(O)c3n(c2=O)C2CC3N(C(=S)Nc3ccc4c(c3)OCO4)C2)ccc(C#N)c1Cl. The fourth-order valence-corrected chi connectivity index (χ4v) is 5.58. The lowest BCUT2D eigenvalue weighted by Gasteiger charge is -2.30. The van der Waals surface area contributed by atoms with Crippen LogP contribution in [-0.2, 0) is 0 Å². The zero-order chi connectivity index (χ0) is 23.7. The van der Waals surface area contributed by atoms with Gasteiger partial charge in [-0.3, -0.25) is 4.57 Å². The molecule has 1 aromatic heterocycles. The second-order valence-electron chi connectivity index (χ2n) is 8.44. The molecule has 6 rings (SSSR count). The van der Waals surface area contributed by atoms with Gasteiger partial charge in [0.25, 0.3) is 0 Å². The van der Waals surface area contributed by atoms with E-state index >= 15 is 0 Å². The van der Waals surface area contributed by atoms with Crippen molar-refractivity contribution >= 4 is 34.6 Å². The number of imidazole rings is 1. The van der Waals surface area contributed by atoms with Crippen molar-refractivity contribution in [2.45, 2.75) is 25.4 Å². The van der Waals surface area contributed by atoms with Crippen molar-refractivity contribution in [3.05, 3.63) is 62.7 Å². The van der Waals surface area contributed by atoms with Crippen molar-refractivity contribution in [3.8, 4) is 29.1 Å². The summed E-state index contributed by atoms with van der Waals surface area (Å²) >= 11 is 12.0. The molecular formula is C23H18ClN5O4S. The molecule has 3 aliphatic rings. The van der Waals surface area contributed by atoms with E-state index in [-0.39, 0.29) is 35.5 Å². The van der Waals surface area contributed by atoms with Crippen LogP contribution in [0.1, 0.15) is 35.3 Å². The molecule has 3 aromatic rings. The molecule has 4 heterocycles. The minimum absolute atomic E-state index is 0.120. The Balaban J connectivity index is 1.33. The molecule has 2 bridgehead atoms. The number of aromatic nitrogens is 2. The lowest BCUT2D eigenvalue weighted by atomic mass is 10.1. The maximum atomic E-state index is 13.3. The number of nitrogens with one attached hydrogen (secondary N) is 1. The van der Waals surface area contributed by atoms with Crippen LogP contribution >= 0.6 is 23.8 Å². The molecular weight excluding hydrogens is 478 g/mol. The van der Waals surface area contributed by atoms with Crippen LogP contribution in [0.25, 0.3) is 5.69 Å². The van der Waals surface area contributed by atoms with Gasteiger partial charge in [0.1, 0.15) is 11.8 Å². The van der Waals surface area contributed by atoms with E-state index in [1.54, 1.807) is 23.6 Å². The summed E-state index contributed by atoms with van der Waals surface area (Å²) in [6.07, 6.45) is 0.676. The monoisotopic (exact) mass is 495 g/mol.